The molecule has 21 heavy (non-hydrogen) atoms. The Morgan fingerprint density at radius 2 is 1.67 bits per heavy atom. The first-order valence-electron chi connectivity index (χ1n) is 6.25. The number of nitrogens with zero attached hydrogens (tertiary/aromatic N) is 1. The van der Waals surface area contributed by atoms with Gasteiger partial charge in [0.15, 0.2) is 0 Å². The van der Waals surface area contributed by atoms with Crippen molar-refractivity contribution in [1.29, 1.82) is 5.26 Å². The van der Waals surface area contributed by atoms with Crippen molar-refractivity contribution in [3.8, 4) is 6.07 Å². The molecule has 2 aromatic carbocycles. The summed E-state index contributed by atoms with van der Waals surface area (Å²) in [6.45, 7) is 0.296. The fourth-order valence-electron chi connectivity index (χ4n) is 1.77. The Hall–Kier alpha value is -1.87. The molecule has 0 aromatic heterocycles. The molecule has 0 saturated heterocycles. The number of hydrogen-bond acceptors (Lipinski definition) is 3. The van der Waals surface area contributed by atoms with Crippen LogP contribution in [0.5, 0.6) is 0 Å². The second-order valence-electron chi connectivity index (χ2n) is 4.41. The first-order chi connectivity index (χ1) is 10.0. The molecule has 0 aliphatic heterocycles. The highest BCUT2D eigenvalue weighted by atomic mass is 35.5. The molecule has 0 atom stereocenters. The van der Waals surface area contributed by atoms with E-state index in [9.17, 15) is 8.42 Å². The van der Waals surface area contributed by atoms with E-state index >= 15 is 0 Å². The molecule has 0 aliphatic rings. The quantitative estimate of drug-likeness (QED) is 0.921. The van der Waals surface area contributed by atoms with Crippen LogP contribution in [0.3, 0.4) is 0 Å². The van der Waals surface area contributed by atoms with Crippen molar-refractivity contribution >= 4 is 21.6 Å². The fraction of sp³-hybridized carbons (Fsp3) is 0.133. The van der Waals surface area contributed by atoms with Crippen LogP contribution in [-0.4, -0.2) is 15.0 Å². The van der Waals surface area contributed by atoms with Crippen LogP contribution in [0.2, 0.25) is 5.02 Å². The van der Waals surface area contributed by atoms with Crippen LogP contribution in [0.15, 0.2) is 53.4 Å². The molecule has 1 N–H and O–H groups in total. The molecule has 6 heteroatoms. The summed E-state index contributed by atoms with van der Waals surface area (Å²) in [4.78, 5) is 0.151. The Morgan fingerprint density at radius 3 is 2.24 bits per heavy atom. The zero-order chi connectivity index (χ0) is 15.3. The van der Waals surface area contributed by atoms with Crippen LogP contribution in [0.1, 0.15) is 11.1 Å². The van der Waals surface area contributed by atoms with E-state index in [0.717, 1.165) is 5.56 Å². The highest BCUT2D eigenvalue weighted by molar-refractivity contribution is 7.89. The summed E-state index contributed by atoms with van der Waals surface area (Å²) in [5.41, 5.74) is 1.43. The molecule has 0 spiro atoms. The average molecular weight is 321 g/mol. The molecule has 4 nitrogen and oxygen atoms in total. The largest absolute Gasteiger partial charge is 0.240 e. The minimum absolute atomic E-state index is 0.151. The van der Waals surface area contributed by atoms with E-state index in [-0.39, 0.29) is 4.90 Å². The van der Waals surface area contributed by atoms with Gasteiger partial charge in [0.05, 0.1) is 16.5 Å². The monoisotopic (exact) mass is 320 g/mol. The van der Waals surface area contributed by atoms with Gasteiger partial charge in [-0.05, 0) is 48.4 Å². The van der Waals surface area contributed by atoms with Crippen molar-refractivity contribution in [2.45, 2.75) is 11.3 Å². The average Bonchev–Trinajstić information content (AvgIpc) is 2.49. The molecule has 0 aliphatic carbocycles. The maximum atomic E-state index is 12.1. The molecule has 0 radical (unpaired) electrons. The number of nitrogens with one attached hydrogen (secondary N) is 1. The lowest BCUT2D eigenvalue weighted by atomic mass is 10.2. The molecular weight excluding hydrogens is 308 g/mol. The van der Waals surface area contributed by atoms with Gasteiger partial charge in [0, 0.05) is 11.6 Å². The topological polar surface area (TPSA) is 70.0 Å². The molecule has 0 fully saturated rings. The second-order valence-corrected chi connectivity index (χ2v) is 6.61. The fourth-order valence-corrected chi connectivity index (χ4v) is 2.93. The Kier molecular flexibility index (Phi) is 4.97. The van der Waals surface area contributed by atoms with Gasteiger partial charge in [-0.1, -0.05) is 23.7 Å². The summed E-state index contributed by atoms with van der Waals surface area (Å²) in [6, 6.07) is 15.0. The molecular formula is C15H13ClN2O2S. The van der Waals surface area contributed by atoms with Crippen LogP contribution in [-0.2, 0) is 16.4 Å². The normalized spacial score (nSPS) is 11.0. The van der Waals surface area contributed by atoms with E-state index < -0.39 is 10.0 Å². The lowest BCUT2D eigenvalue weighted by Gasteiger charge is -2.07. The SMILES string of the molecule is N#Cc1ccc(S(=O)(=O)NCCc2ccc(Cl)cc2)cc1. The number of benzene rings is 2. The third kappa shape index (κ3) is 4.30. The first-order valence-corrected chi connectivity index (χ1v) is 8.12. The number of rotatable bonds is 5. The third-order valence-electron chi connectivity index (χ3n) is 2.91. The maximum Gasteiger partial charge on any atom is 0.240 e. The Labute approximate surface area is 129 Å². The predicted octanol–water partition coefficient (Wildman–Crippen LogP) is 2.73. The lowest BCUT2D eigenvalue weighted by Crippen LogP contribution is -2.25. The number of nitriles is 1. The van der Waals surface area contributed by atoms with Gasteiger partial charge in [0.1, 0.15) is 0 Å². The standard InChI is InChI=1S/C15H13ClN2O2S/c16-14-5-1-12(2-6-14)9-10-18-21(19,20)15-7-3-13(11-17)4-8-15/h1-8,18H,9-10H2. The highest BCUT2D eigenvalue weighted by Crippen LogP contribution is 2.11. The Balaban J connectivity index is 1.97. The molecule has 0 bridgehead atoms. The summed E-state index contributed by atoms with van der Waals surface area (Å²) in [6.07, 6.45) is 0.576. The molecule has 0 unspecified atom stereocenters. The number of hydrogen-bond donors (Lipinski definition) is 1. The Bertz CT molecular complexity index is 748. The van der Waals surface area contributed by atoms with Gasteiger partial charge < -0.3 is 0 Å². The van der Waals surface area contributed by atoms with E-state index in [1.54, 1.807) is 12.1 Å². The van der Waals surface area contributed by atoms with Crippen molar-refractivity contribution in [3.63, 3.8) is 0 Å². The van der Waals surface area contributed by atoms with Crippen LogP contribution < -0.4 is 4.72 Å². The van der Waals surface area contributed by atoms with Gasteiger partial charge in [0.25, 0.3) is 0 Å². The molecule has 2 rings (SSSR count). The van der Waals surface area contributed by atoms with Crippen LogP contribution >= 0.6 is 11.6 Å². The van der Waals surface area contributed by atoms with E-state index in [0.29, 0.717) is 23.6 Å². The minimum Gasteiger partial charge on any atom is -0.211 e. The molecule has 0 heterocycles. The maximum absolute atomic E-state index is 12.1. The van der Waals surface area contributed by atoms with Crippen LogP contribution in [0, 0.1) is 11.3 Å². The number of sulfonamides is 1. The summed E-state index contributed by atoms with van der Waals surface area (Å²) in [5, 5.41) is 9.34. The summed E-state index contributed by atoms with van der Waals surface area (Å²) >= 11 is 5.79. The molecule has 0 saturated carbocycles. The summed E-state index contributed by atoms with van der Waals surface area (Å²) < 4.78 is 26.7. The minimum atomic E-state index is -3.55. The zero-order valence-electron chi connectivity index (χ0n) is 11.1. The van der Waals surface area contributed by atoms with E-state index in [1.807, 2.05) is 18.2 Å². The summed E-state index contributed by atoms with van der Waals surface area (Å²) in [5.74, 6) is 0. The van der Waals surface area contributed by atoms with Crippen molar-refractivity contribution in [1.82, 2.24) is 4.72 Å². The summed E-state index contributed by atoms with van der Waals surface area (Å²) in [7, 11) is -3.55. The smallest absolute Gasteiger partial charge is 0.211 e. The zero-order valence-corrected chi connectivity index (χ0v) is 12.7. The molecule has 108 valence electrons. The van der Waals surface area contributed by atoms with Crippen molar-refractivity contribution in [2.24, 2.45) is 0 Å². The highest BCUT2D eigenvalue weighted by Gasteiger charge is 2.12. The Morgan fingerprint density at radius 1 is 1.05 bits per heavy atom. The van der Waals surface area contributed by atoms with Crippen molar-refractivity contribution in [3.05, 3.63) is 64.7 Å². The van der Waals surface area contributed by atoms with Crippen molar-refractivity contribution in [2.75, 3.05) is 6.54 Å². The van der Waals surface area contributed by atoms with Gasteiger partial charge in [-0.3, -0.25) is 0 Å². The van der Waals surface area contributed by atoms with Gasteiger partial charge >= 0.3 is 0 Å². The van der Waals surface area contributed by atoms with E-state index in [4.69, 9.17) is 16.9 Å². The van der Waals surface area contributed by atoms with Gasteiger partial charge in [-0.15, -0.1) is 0 Å². The second kappa shape index (κ2) is 6.72. The van der Waals surface area contributed by atoms with Crippen molar-refractivity contribution < 1.29 is 8.42 Å². The van der Waals surface area contributed by atoms with Crippen LogP contribution in [0.4, 0.5) is 0 Å². The van der Waals surface area contributed by atoms with Gasteiger partial charge in [-0.2, -0.15) is 5.26 Å². The molecule has 2 aromatic rings. The first kappa shape index (κ1) is 15.5. The van der Waals surface area contributed by atoms with E-state index in [1.165, 1.54) is 24.3 Å². The predicted molar refractivity (Wildman–Crippen MR) is 81.5 cm³/mol. The van der Waals surface area contributed by atoms with E-state index in [2.05, 4.69) is 4.72 Å². The molecule has 0 amide bonds. The third-order valence-corrected chi connectivity index (χ3v) is 4.64. The van der Waals surface area contributed by atoms with Gasteiger partial charge in [0.2, 0.25) is 10.0 Å². The number of halogens is 1. The van der Waals surface area contributed by atoms with Crippen LogP contribution in [0.25, 0.3) is 0 Å². The van der Waals surface area contributed by atoms with Gasteiger partial charge in [-0.25, -0.2) is 13.1 Å². The lowest BCUT2D eigenvalue weighted by molar-refractivity contribution is 0.581.